The lowest BCUT2D eigenvalue weighted by Gasteiger charge is -2.44. The average molecular weight is 313 g/mol. The van der Waals surface area contributed by atoms with Gasteiger partial charge in [-0.25, -0.2) is 0 Å². The molecule has 20 heavy (non-hydrogen) atoms. The van der Waals surface area contributed by atoms with Crippen LogP contribution in [-0.4, -0.2) is 34.5 Å². The monoisotopic (exact) mass is 312 g/mol. The van der Waals surface area contributed by atoms with Gasteiger partial charge >= 0.3 is 0 Å². The number of nitrogens with two attached hydrogens (primary N) is 1. The van der Waals surface area contributed by atoms with E-state index in [1.54, 1.807) is 0 Å². The Morgan fingerprint density at radius 1 is 1.35 bits per heavy atom. The van der Waals surface area contributed by atoms with Crippen LogP contribution in [0.15, 0.2) is 24.3 Å². The molecule has 112 valence electrons. The van der Waals surface area contributed by atoms with E-state index in [1.165, 1.54) is 11.3 Å². The lowest BCUT2D eigenvalue weighted by atomic mass is 9.94. The fourth-order valence-electron chi connectivity index (χ4n) is 2.92. The molecule has 1 aliphatic heterocycles. The topological polar surface area (TPSA) is 29.3 Å². The van der Waals surface area contributed by atoms with Crippen molar-refractivity contribution in [2.45, 2.75) is 50.6 Å². The Kier molecular flexibility index (Phi) is 5.79. The molecule has 0 aliphatic carbocycles. The zero-order valence-corrected chi connectivity index (χ0v) is 14.1. The number of benzene rings is 1. The van der Waals surface area contributed by atoms with E-state index in [4.69, 9.17) is 17.3 Å². The van der Waals surface area contributed by atoms with Crippen LogP contribution in [0.2, 0.25) is 5.02 Å². The molecule has 0 spiro atoms. The van der Waals surface area contributed by atoms with Gasteiger partial charge in [0.1, 0.15) is 0 Å². The van der Waals surface area contributed by atoms with Crippen LogP contribution in [0.1, 0.15) is 38.8 Å². The van der Waals surface area contributed by atoms with E-state index in [-0.39, 0.29) is 12.1 Å². The third-order valence-corrected chi connectivity index (χ3v) is 5.97. The molecule has 4 heteroatoms. The summed E-state index contributed by atoms with van der Waals surface area (Å²) in [5.41, 5.74) is 7.73. The Morgan fingerprint density at radius 2 is 2.00 bits per heavy atom. The Bertz CT molecular complexity index is 423. The SMILES string of the molecule is CCC(N)C(c1ccc(Cl)cc1)N1CCSC(C)C1C. The van der Waals surface area contributed by atoms with Gasteiger partial charge < -0.3 is 5.73 Å². The molecule has 1 saturated heterocycles. The highest BCUT2D eigenvalue weighted by molar-refractivity contribution is 8.00. The molecular weight excluding hydrogens is 288 g/mol. The summed E-state index contributed by atoms with van der Waals surface area (Å²) in [6.07, 6.45) is 0.984. The highest BCUT2D eigenvalue weighted by atomic mass is 35.5. The predicted octanol–water partition coefficient (Wildman–Crippen LogP) is 3.94. The van der Waals surface area contributed by atoms with E-state index in [1.807, 2.05) is 12.1 Å². The third-order valence-electron chi connectivity index (χ3n) is 4.38. The molecule has 2 N–H and O–H groups in total. The number of halogens is 1. The number of thioether (sulfide) groups is 1. The van der Waals surface area contributed by atoms with Gasteiger partial charge in [0, 0.05) is 34.7 Å². The molecule has 2 rings (SSSR count). The molecule has 0 saturated carbocycles. The summed E-state index contributed by atoms with van der Waals surface area (Å²) in [6, 6.07) is 9.19. The van der Waals surface area contributed by atoms with Gasteiger partial charge in [-0.15, -0.1) is 0 Å². The molecule has 1 heterocycles. The molecule has 1 aliphatic rings. The van der Waals surface area contributed by atoms with Crippen molar-refractivity contribution in [1.82, 2.24) is 4.90 Å². The Morgan fingerprint density at radius 3 is 2.60 bits per heavy atom. The largest absolute Gasteiger partial charge is 0.326 e. The van der Waals surface area contributed by atoms with E-state index in [0.29, 0.717) is 11.3 Å². The predicted molar refractivity (Wildman–Crippen MR) is 90.5 cm³/mol. The third kappa shape index (κ3) is 3.51. The minimum absolute atomic E-state index is 0.161. The van der Waals surface area contributed by atoms with Gasteiger partial charge in [0.05, 0.1) is 6.04 Å². The normalized spacial score (nSPS) is 27.2. The van der Waals surface area contributed by atoms with E-state index < -0.39 is 0 Å². The summed E-state index contributed by atoms with van der Waals surface area (Å²) >= 11 is 8.08. The molecule has 4 atom stereocenters. The summed E-state index contributed by atoms with van der Waals surface area (Å²) in [7, 11) is 0. The van der Waals surface area contributed by atoms with Crippen molar-refractivity contribution in [3.8, 4) is 0 Å². The van der Waals surface area contributed by atoms with Crippen LogP contribution >= 0.6 is 23.4 Å². The van der Waals surface area contributed by atoms with Gasteiger partial charge in [0.2, 0.25) is 0 Å². The van der Waals surface area contributed by atoms with Crippen molar-refractivity contribution in [3.05, 3.63) is 34.9 Å². The van der Waals surface area contributed by atoms with Gasteiger partial charge in [-0.05, 0) is 31.0 Å². The molecule has 0 bridgehead atoms. The second kappa shape index (κ2) is 7.17. The van der Waals surface area contributed by atoms with Crippen molar-refractivity contribution >= 4 is 23.4 Å². The zero-order chi connectivity index (χ0) is 14.7. The molecule has 4 unspecified atom stereocenters. The van der Waals surface area contributed by atoms with Crippen LogP contribution in [0.4, 0.5) is 0 Å². The molecule has 1 aromatic carbocycles. The molecular formula is C16H25ClN2S. The first-order valence-corrected chi connectivity index (χ1v) is 8.85. The first kappa shape index (κ1) is 16.2. The van der Waals surface area contributed by atoms with Crippen LogP contribution in [0.3, 0.4) is 0 Å². The maximum absolute atomic E-state index is 6.44. The van der Waals surface area contributed by atoms with Crippen molar-refractivity contribution in [1.29, 1.82) is 0 Å². The van der Waals surface area contributed by atoms with Gasteiger partial charge in [-0.1, -0.05) is 37.6 Å². The maximum Gasteiger partial charge on any atom is 0.0502 e. The second-order valence-electron chi connectivity index (χ2n) is 5.62. The first-order chi connectivity index (χ1) is 9.54. The Labute approximate surface area is 132 Å². The minimum Gasteiger partial charge on any atom is -0.326 e. The number of hydrogen-bond acceptors (Lipinski definition) is 3. The van der Waals surface area contributed by atoms with Gasteiger partial charge in [-0.3, -0.25) is 4.90 Å². The maximum atomic E-state index is 6.44. The van der Waals surface area contributed by atoms with Gasteiger partial charge in [-0.2, -0.15) is 11.8 Å². The van der Waals surface area contributed by atoms with Crippen molar-refractivity contribution in [2.24, 2.45) is 5.73 Å². The summed E-state index contributed by atoms with van der Waals surface area (Å²) in [5.74, 6) is 1.19. The van der Waals surface area contributed by atoms with Crippen LogP contribution in [0.25, 0.3) is 0 Å². The zero-order valence-electron chi connectivity index (χ0n) is 12.6. The summed E-state index contributed by atoms with van der Waals surface area (Å²) in [5, 5.41) is 1.44. The summed E-state index contributed by atoms with van der Waals surface area (Å²) < 4.78 is 0. The second-order valence-corrected chi connectivity index (χ2v) is 7.54. The van der Waals surface area contributed by atoms with E-state index in [9.17, 15) is 0 Å². The van der Waals surface area contributed by atoms with Crippen LogP contribution in [-0.2, 0) is 0 Å². The number of hydrogen-bond donors (Lipinski definition) is 1. The van der Waals surface area contributed by atoms with Crippen LogP contribution in [0, 0.1) is 0 Å². The van der Waals surface area contributed by atoms with Gasteiger partial charge in [0.15, 0.2) is 0 Å². The van der Waals surface area contributed by atoms with Crippen LogP contribution in [0.5, 0.6) is 0 Å². The highest BCUT2D eigenvalue weighted by Crippen LogP contribution is 2.34. The molecule has 0 amide bonds. The fourth-order valence-corrected chi connectivity index (χ4v) is 4.17. The molecule has 0 aromatic heterocycles. The molecule has 1 fully saturated rings. The fraction of sp³-hybridized carbons (Fsp3) is 0.625. The number of rotatable bonds is 4. The van der Waals surface area contributed by atoms with Crippen molar-refractivity contribution < 1.29 is 0 Å². The minimum atomic E-state index is 0.161. The molecule has 2 nitrogen and oxygen atoms in total. The van der Waals surface area contributed by atoms with Gasteiger partial charge in [0.25, 0.3) is 0 Å². The smallest absolute Gasteiger partial charge is 0.0502 e. The van der Waals surface area contributed by atoms with E-state index in [0.717, 1.165) is 18.0 Å². The lowest BCUT2D eigenvalue weighted by molar-refractivity contribution is 0.124. The van der Waals surface area contributed by atoms with E-state index >= 15 is 0 Å². The standard InChI is InChI=1S/C16H25ClN2S/c1-4-15(18)16(13-5-7-14(17)8-6-13)19-9-10-20-12(3)11(19)2/h5-8,11-12,15-16H,4,9-10,18H2,1-3H3. The summed E-state index contributed by atoms with van der Waals surface area (Å²) in [4.78, 5) is 2.58. The van der Waals surface area contributed by atoms with Crippen molar-refractivity contribution in [3.63, 3.8) is 0 Å². The Hall–Kier alpha value is -0.220. The average Bonchev–Trinajstić information content (AvgIpc) is 2.45. The van der Waals surface area contributed by atoms with E-state index in [2.05, 4.69) is 49.6 Å². The highest BCUT2D eigenvalue weighted by Gasteiger charge is 2.34. The quantitative estimate of drug-likeness (QED) is 0.913. The molecule has 0 radical (unpaired) electrons. The summed E-state index contributed by atoms with van der Waals surface area (Å²) in [6.45, 7) is 7.91. The number of nitrogens with zero attached hydrogens (tertiary/aromatic N) is 1. The van der Waals surface area contributed by atoms with Crippen LogP contribution < -0.4 is 5.73 Å². The lowest BCUT2D eigenvalue weighted by Crippen LogP contribution is -2.51. The molecule has 1 aromatic rings. The van der Waals surface area contributed by atoms with Crippen molar-refractivity contribution in [2.75, 3.05) is 12.3 Å². The first-order valence-electron chi connectivity index (χ1n) is 7.43. The Balaban J connectivity index is 2.29.